The lowest BCUT2D eigenvalue weighted by atomic mass is 10.1. The highest BCUT2D eigenvalue weighted by Gasteiger charge is 2.56. The Morgan fingerprint density at radius 3 is 2.36 bits per heavy atom. The summed E-state index contributed by atoms with van der Waals surface area (Å²) in [6.07, 6.45) is 1.09. The van der Waals surface area contributed by atoms with E-state index in [1.165, 1.54) is 0 Å². The van der Waals surface area contributed by atoms with Crippen molar-refractivity contribution in [1.82, 2.24) is 0 Å². The van der Waals surface area contributed by atoms with Gasteiger partial charge in [0.2, 0.25) is 5.91 Å². The monoisotopic (exact) mass is 157 g/mol. The van der Waals surface area contributed by atoms with Gasteiger partial charge in [0.05, 0.1) is 6.61 Å². The molecule has 1 saturated carbocycles. The van der Waals surface area contributed by atoms with Crippen LogP contribution in [0.15, 0.2) is 0 Å². The van der Waals surface area contributed by atoms with Crippen LogP contribution in [0.2, 0.25) is 0 Å². The van der Waals surface area contributed by atoms with E-state index >= 15 is 0 Å². The standard InChI is InChI=1S/C7H11NO3/c1-2-11-6(10)7(3-4-7)5(8)9/h2-4H2,1H3,(H2,8,9). The maximum absolute atomic E-state index is 11.0. The van der Waals surface area contributed by atoms with Crippen molar-refractivity contribution in [1.29, 1.82) is 0 Å². The largest absolute Gasteiger partial charge is 0.465 e. The van der Waals surface area contributed by atoms with Gasteiger partial charge in [0.1, 0.15) is 5.41 Å². The highest BCUT2D eigenvalue weighted by molar-refractivity contribution is 6.04. The second-order valence-corrected chi connectivity index (χ2v) is 2.67. The molecule has 1 fully saturated rings. The summed E-state index contributed by atoms with van der Waals surface area (Å²) in [6, 6.07) is 0. The Bertz CT molecular complexity index is 196. The molecule has 0 saturated heterocycles. The molecule has 11 heavy (non-hydrogen) atoms. The zero-order valence-corrected chi connectivity index (χ0v) is 6.42. The number of carbonyl (C=O) groups is 2. The van der Waals surface area contributed by atoms with Gasteiger partial charge in [-0.15, -0.1) is 0 Å². The van der Waals surface area contributed by atoms with E-state index in [9.17, 15) is 9.59 Å². The fraction of sp³-hybridized carbons (Fsp3) is 0.714. The first-order valence-electron chi connectivity index (χ1n) is 3.60. The summed E-state index contributed by atoms with van der Waals surface area (Å²) in [5.74, 6) is -1.02. The first kappa shape index (κ1) is 8.04. The molecule has 0 heterocycles. The summed E-state index contributed by atoms with van der Waals surface area (Å²) in [5.41, 5.74) is 4.06. The molecule has 0 aromatic carbocycles. The average Bonchev–Trinajstić information content (AvgIpc) is 2.66. The van der Waals surface area contributed by atoms with Gasteiger partial charge in [-0.3, -0.25) is 9.59 Å². The van der Waals surface area contributed by atoms with Crippen molar-refractivity contribution in [3.05, 3.63) is 0 Å². The van der Waals surface area contributed by atoms with Crippen LogP contribution in [0.4, 0.5) is 0 Å². The van der Waals surface area contributed by atoms with Gasteiger partial charge in [0.15, 0.2) is 0 Å². The first-order valence-corrected chi connectivity index (χ1v) is 3.60. The number of amides is 1. The van der Waals surface area contributed by atoms with Gasteiger partial charge in [-0.25, -0.2) is 0 Å². The Hall–Kier alpha value is -1.06. The first-order chi connectivity index (χ1) is 5.13. The van der Waals surface area contributed by atoms with E-state index in [1.807, 2.05) is 0 Å². The van der Waals surface area contributed by atoms with Crippen molar-refractivity contribution in [3.8, 4) is 0 Å². The number of esters is 1. The molecule has 2 N–H and O–H groups in total. The van der Waals surface area contributed by atoms with Crippen molar-refractivity contribution in [2.75, 3.05) is 6.61 Å². The minimum Gasteiger partial charge on any atom is -0.465 e. The van der Waals surface area contributed by atoms with E-state index in [1.54, 1.807) is 6.92 Å². The predicted octanol–water partition coefficient (Wildman–Crippen LogP) is -0.185. The summed E-state index contributed by atoms with van der Waals surface area (Å²) in [7, 11) is 0. The lowest BCUT2D eigenvalue weighted by Gasteiger charge is -2.08. The minimum atomic E-state index is -0.962. The number of primary amides is 1. The number of nitrogens with two attached hydrogens (primary N) is 1. The molecular formula is C7H11NO3. The molecule has 1 rings (SSSR count). The maximum Gasteiger partial charge on any atom is 0.321 e. The van der Waals surface area contributed by atoms with Gasteiger partial charge < -0.3 is 10.5 Å². The quantitative estimate of drug-likeness (QED) is 0.456. The number of carbonyl (C=O) groups excluding carboxylic acids is 2. The van der Waals surface area contributed by atoms with Gasteiger partial charge in [-0.05, 0) is 19.8 Å². The molecule has 1 aliphatic rings. The molecule has 0 aromatic heterocycles. The lowest BCUT2D eigenvalue weighted by Crippen LogP contribution is -2.33. The average molecular weight is 157 g/mol. The molecule has 0 aliphatic heterocycles. The van der Waals surface area contributed by atoms with Crippen molar-refractivity contribution in [3.63, 3.8) is 0 Å². The molecule has 0 aromatic rings. The smallest absolute Gasteiger partial charge is 0.321 e. The van der Waals surface area contributed by atoms with Crippen LogP contribution in [0.5, 0.6) is 0 Å². The third-order valence-electron chi connectivity index (χ3n) is 1.89. The molecule has 0 atom stereocenters. The third-order valence-corrected chi connectivity index (χ3v) is 1.89. The molecule has 0 bridgehead atoms. The fourth-order valence-electron chi connectivity index (χ4n) is 0.945. The summed E-state index contributed by atoms with van der Waals surface area (Å²) >= 11 is 0. The van der Waals surface area contributed by atoms with Crippen LogP contribution in [0.1, 0.15) is 19.8 Å². The van der Waals surface area contributed by atoms with Crippen molar-refractivity contribution in [2.24, 2.45) is 11.1 Å². The summed E-state index contributed by atoms with van der Waals surface area (Å²) < 4.78 is 4.69. The molecule has 1 aliphatic carbocycles. The van der Waals surface area contributed by atoms with Crippen LogP contribution in [0.25, 0.3) is 0 Å². The molecule has 0 radical (unpaired) electrons. The van der Waals surface area contributed by atoms with Crippen LogP contribution in [-0.4, -0.2) is 18.5 Å². The van der Waals surface area contributed by atoms with E-state index in [4.69, 9.17) is 10.5 Å². The van der Waals surface area contributed by atoms with Gasteiger partial charge in [0, 0.05) is 0 Å². The van der Waals surface area contributed by atoms with Crippen LogP contribution in [-0.2, 0) is 14.3 Å². The maximum atomic E-state index is 11.0. The topological polar surface area (TPSA) is 69.4 Å². The SMILES string of the molecule is CCOC(=O)C1(C(N)=O)CC1. The van der Waals surface area contributed by atoms with Crippen LogP contribution in [0, 0.1) is 5.41 Å². The Labute approximate surface area is 64.7 Å². The fourth-order valence-corrected chi connectivity index (χ4v) is 0.945. The Morgan fingerprint density at radius 1 is 1.55 bits per heavy atom. The summed E-state index contributed by atoms with van der Waals surface area (Å²) in [4.78, 5) is 21.8. The molecule has 4 nitrogen and oxygen atoms in total. The normalized spacial score (nSPS) is 19.0. The zero-order chi connectivity index (χ0) is 8.48. The Balaban J connectivity index is 2.58. The molecular weight excluding hydrogens is 146 g/mol. The zero-order valence-electron chi connectivity index (χ0n) is 6.42. The van der Waals surface area contributed by atoms with Crippen molar-refractivity contribution >= 4 is 11.9 Å². The van der Waals surface area contributed by atoms with E-state index < -0.39 is 17.3 Å². The number of hydrogen-bond donors (Lipinski definition) is 1. The second kappa shape index (κ2) is 2.53. The number of ether oxygens (including phenoxy) is 1. The lowest BCUT2D eigenvalue weighted by molar-refractivity contribution is -0.153. The van der Waals surface area contributed by atoms with E-state index in [0.717, 1.165) is 0 Å². The summed E-state index contributed by atoms with van der Waals surface area (Å²) in [6.45, 7) is 2.00. The highest BCUT2D eigenvalue weighted by Crippen LogP contribution is 2.46. The van der Waals surface area contributed by atoms with Crippen molar-refractivity contribution in [2.45, 2.75) is 19.8 Å². The van der Waals surface area contributed by atoms with Gasteiger partial charge in [-0.1, -0.05) is 0 Å². The van der Waals surface area contributed by atoms with Gasteiger partial charge in [0.25, 0.3) is 0 Å². The Morgan fingerprint density at radius 2 is 2.09 bits per heavy atom. The van der Waals surface area contributed by atoms with E-state index in [2.05, 4.69) is 0 Å². The van der Waals surface area contributed by atoms with Crippen LogP contribution in [0.3, 0.4) is 0 Å². The van der Waals surface area contributed by atoms with Gasteiger partial charge in [-0.2, -0.15) is 0 Å². The van der Waals surface area contributed by atoms with E-state index in [0.29, 0.717) is 19.4 Å². The van der Waals surface area contributed by atoms with Crippen LogP contribution >= 0.6 is 0 Å². The predicted molar refractivity (Wildman–Crippen MR) is 37.5 cm³/mol. The van der Waals surface area contributed by atoms with E-state index in [-0.39, 0.29) is 0 Å². The molecule has 4 heteroatoms. The molecule has 62 valence electrons. The highest BCUT2D eigenvalue weighted by atomic mass is 16.5. The second-order valence-electron chi connectivity index (χ2n) is 2.67. The molecule has 1 amide bonds. The third kappa shape index (κ3) is 1.20. The minimum absolute atomic E-state index is 0.299. The summed E-state index contributed by atoms with van der Waals surface area (Å²) in [5, 5.41) is 0. The Kier molecular flexibility index (Phi) is 1.85. The number of rotatable bonds is 3. The molecule has 0 spiro atoms. The van der Waals surface area contributed by atoms with Crippen molar-refractivity contribution < 1.29 is 14.3 Å². The molecule has 0 unspecified atom stereocenters. The van der Waals surface area contributed by atoms with Crippen LogP contribution < -0.4 is 5.73 Å². The van der Waals surface area contributed by atoms with Gasteiger partial charge >= 0.3 is 5.97 Å². The number of hydrogen-bond acceptors (Lipinski definition) is 3.